The molecule has 1 aliphatic heterocycles. The molecule has 2 amide bonds. The minimum Gasteiger partial charge on any atom is -0.468 e. The third-order valence-electron chi connectivity index (χ3n) is 7.63. The Morgan fingerprint density at radius 2 is 1.77 bits per heavy atom. The van der Waals surface area contributed by atoms with Gasteiger partial charge in [0.15, 0.2) is 0 Å². The van der Waals surface area contributed by atoms with E-state index in [1.165, 1.54) is 17.6 Å². The van der Waals surface area contributed by atoms with Gasteiger partial charge in [0.1, 0.15) is 10.8 Å². The highest BCUT2D eigenvalue weighted by Crippen LogP contribution is 2.42. The number of nitrogens with one attached hydrogen (secondary N) is 3. The number of allylic oxidation sites excluding steroid dienone is 2. The van der Waals surface area contributed by atoms with Crippen LogP contribution in [0.15, 0.2) is 69.0 Å². The van der Waals surface area contributed by atoms with Crippen LogP contribution < -0.4 is 16.0 Å². The molecule has 0 saturated carbocycles. The number of fused-ring (bicyclic) bond motifs is 1. The van der Waals surface area contributed by atoms with Gasteiger partial charge in [0, 0.05) is 16.3 Å². The number of carbonyl (C=O) groups excluding carboxylic acids is 4. The summed E-state index contributed by atoms with van der Waals surface area (Å²) >= 11 is 2.53. The summed E-state index contributed by atoms with van der Waals surface area (Å²) < 4.78 is 16.0. The van der Waals surface area contributed by atoms with Gasteiger partial charge in [-0.25, -0.2) is 9.59 Å². The number of esters is 2. The Bertz CT molecular complexity index is 1780. The summed E-state index contributed by atoms with van der Waals surface area (Å²) in [5.41, 5.74) is 3.13. The van der Waals surface area contributed by atoms with Gasteiger partial charge in [0.2, 0.25) is 5.91 Å². The van der Waals surface area contributed by atoms with Crippen molar-refractivity contribution >= 4 is 57.5 Å². The van der Waals surface area contributed by atoms with Gasteiger partial charge in [-0.2, -0.15) is 5.26 Å². The average Bonchev–Trinajstić information content (AvgIpc) is 3.72. The molecular weight excluding hydrogens is 641 g/mol. The first-order valence-corrected chi connectivity index (χ1v) is 17.0. The number of benzene rings is 1. The monoisotopic (exact) mass is 674 g/mol. The molecule has 47 heavy (non-hydrogen) atoms. The van der Waals surface area contributed by atoms with Crippen molar-refractivity contribution in [1.29, 1.82) is 5.26 Å². The number of aryl methyl sites for hydroxylation is 1. The van der Waals surface area contributed by atoms with Gasteiger partial charge >= 0.3 is 11.9 Å². The van der Waals surface area contributed by atoms with E-state index in [0.717, 1.165) is 47.9 Å². The third kappa shape index (κ3) is 7.45. The number of hydrogen-bond donors (Lipinski definition) is 3. The number of furan rings is 1. The number of nitrogens with zero attached hydrogens (tertiary/aromatic N) is 1. The Morgan fingerprint density at radius 3 is 2.45 bits per heavy atom. The minimum atomic E-state index is -0.847. The summed E-state index contributed by atoms with van der Waals surface area (Å²) in [6, 6.07) is 11.9. The molecule has 1 aromatic carbocycles. The molecule has 0 fully saturated rings. The van der Waals surface area contributed by atoms with Gasteiger partial charge in [-0.05, 0) is 88.4 Å². The molecule has 244 valence electrons. The van der Waals surface area contributed by atoms with Crippen LogP contribution in [0.5, 0.6) is 0 Å². The Balaban J connectivity index is 1.35. The highest BCUT2D eigenvalue weighted by molar-refractivity contribution is 8.03. The molecular formula is C34H34N4O7S2. The molecule has 2 aliphatic rings. The van der Waals surface area contributed by atoms with Crippen LogP contribution in [0.4, 0.5) is 10.7 Å². The van der Waals surface area contributed by atoms with Crippen molar-refractivity contribution in [2.24, 2.45) is 0 Å². The molecule has 5 rings (SSSR count). The number of nitriles is 1. The number of thioether (sulfide) groups is 1. The van der Waals surface area contributed by atoms with Gasteiger partial charge in [-0.3, -0.25) is 9.59 Å². The van der Waals surface area contributed by atoms with Crippen LogP contribution in [0.2, 0.25) is 0 Å². The van der Waals surface area contributed by atoms with Crippen molar-refractivity contribution in [3.63, 3.8) is 0 Å². The molecule has 2 aromatic heterocycles. The smallest absolute Gasteiger partial charge is 0.341 e. The fourth-order valence-electron chi connectivity index (χ4n) is 5.54. The molecule has 0 unspecified atom stereocenters. The number of rotatable bonds is 11. The Kier molecular flexibility index (Phi) is 10.8. The van der Waals surface area contributed by atoms with Crippen LogP contribution in [0.1, 0.15) is 76.4 Å². The SMILES string of the molecule is CCOC(=O)c1ccc(NC(=O)C2=C(C)NC(SCC(=O)Nc3sc4c(c3C(=O)OCC)CCCC4)=C(C#N)[C@@H]2c2ccco2)cc1. The van der Waals surface area contributed by atoms with Crippen LogP contribution in [0.25, 0.3) is 0 Å². The Morgan fingerprint density at radius 1 is 1.04 bits per heavy atom. The van der Waals surface area contributed by atoms with Crippen LogP contribution in [0, 0.1) is 11.3 Å². The lowest BCUT2D eigenvalue weighted by molar-refractivity contribution is -0.114. The van der Waals surface area contributed by atoms with E-state index in [1.807, 2.05) is 0 Å². The van der Waals surface area contributed by atoms with Gasteiger partial charge in [0.25, 0.3) is 5.91 Å². The van der Waals surface area contributed by atoms with Crippen LogP contribution in [-0.4, -0.2) is 42.7 Å². The molecule has 1 aliphatic carbocycles. The first-order valence-electron chi connectivity index (χ1n) is 15.2. The van der Waals surface area contributed by atoms with E-state index >= 15 is 0 Å². The van der Waals surface area contributed by atoms with Gasteiger partial charge < -0.3 is 29.8 Å². The van der Waals surface area contributed by atoms with Crippen LogP contribution in [0.3, 0.4) is 0 Å². The van der Waals surface area contributed by atoms with Gasteiger partial charge in [-0.15, -0.1) is 11.3 Å². The second-order valence-electron chi connectivity index (χ2n) is 10.7. The lowest BCUT2D eigenvalue weighted by Crippen LogP contribution is -2.31. The maximum Gasteiger partial charge on any atom is 0.341 e. The summed E-state index contributed by atoms with van der Waals surface area (Å²) in [6.07, 6.45) is 5.09. The fraction of sp³-hybridized carbons (Fsp3) is 0.324. The molecule has 0 bridgehead atoms. The van der Waals surface area contributed by atoms with E-state index in [0.29, 0.717) is 38.3 Å². The number of dihydropyridines is 1. The number of ether oxygens (including phenoxy) is 2. The minimum absolute atomic E-state index is 0.0646. The van der Waals surface area contributed by atoms with Gasteiger partial charge in [0.05, 0.1) is 64.5 Å². The van der Waals surface area contributed by atoms with E-state index in [-0.39, 0.29) is 36.0 Å². The second kappa shape index (κ2) is 15.2. The lowest BCUT2D eigenvalue weighted by atomic mass is 9.85. The van der Waals surface area contributed by atoms with Crippen molar-refractivity contribution in [3.8, 4) is 6.07 Å². The van der Waals surface area contributed by atoms with Crippen molar-refractivity contribution in [2.45, 2.75) is 52.4 Å². The van der Waals surface area contributed by atoms with Crippen molar-refractivity contribution in [3.05, 3.63) is 91.9 Å². The standard InChI is InChI=1S/C34H34N4O7S2/c1-4-43-33(41)20-12-14-21(15-13-20)37-30(40)27-19(3)36-31(23(17-35)28(27)24-10-8-16-45-24)46-18-26(39)38-32-29(34(42)44-5-2)22-9-6-7-11-25(22)47-32/h8,10,12-16,28,36H,4-7,9,11,18H2,1-3H3,(H,37,40)(H,38,39)/t28-/m1/s1. The Hall–Kier alpha value is -4.80. The van der Waals surface area contributed by atoms with E-state index in [1.54, 1.807) is 57.2 Å². The molecule has 1 atom stereocenters. The molecule has 13 heteroatoms. The van der Waals surface area contributed by atoms with E-state index < -0.39 is 23.8 Å². The normalized spacial score (nSPS) is 15.7. The highest BCUT2D eigenvalue weighted by Gasteiger charge is 2.37. The highest BCUT2D eigenvalue weighted by atomic mass is 32.2. The van der Waals surface area contributed by atoms with Crippen LogP contribution >= 0.6 is 23.1 Å². The van der Waals surface area contributed by atoms with Crippen LogP contribution in [-0.2, 0) is 31.9 Å². The second-order valence-corrected chi connectivity index (χ2v) is 12.8. The maximum atomic E-state index is 13.7. The zero-order valence-corrected chi connectivity index (χ0v) is 27.8. The molecule has 0 spiro atoms. The van der Waals surface area contributed by atoms with E-state index in [2.05, 4.69) is 22.0 Å². The Labute approximate surface area is 280 Å². The average molecular weight is 675 g/mol. The van der Waals surface area contributed by atoms with E-state index in [4.69, 9.17) is 13.9 Å². The number of carbonyl (C=O) groups is 4. The first-order chi connectivity index (χ1) is 22.7. The zero-order chi connectivity index (χ0) is 33.5. The zero-order valence-electron chi connectivity index (χ0n) is 26.2. The summed E-state index contributed by atoms with van der Waals surface area (Å²) in [7, 11) is 0. The lowest BCUT2D eigenvalue weighted by Gasteiger charge is -2.28. The van der Waals surface area contributed by atoms with Crippen molar-refractivity contribution in [2.75, 3.05) is 29.6 Å². The third-order valence-corrected chi connectivity index (χ3v) is 9.85. The molecule has 0 saturated heterocycles. The largest absolute Gasteiger partial charge is 0.468 e. The predicted octanol–water partition coefficient (Wildman–Crippen LogP) is 6.28. The summed E-state index contributed by atoms with van der Waals surface area (Å²) in [5.74, 6) is -2.25. The maximum absolute atomic E-state index is 13.7. The summed E-state index contributed by atoms with van der Waals surface area (Å²) in [4.78, 5) is 52.8. The van der Waals surface area contributed by atoms with E-state index in [9.17, 15) is 24.4 Å². The predicted molar refractivity (Wildman–Crippen MR) is 179 cm³/mol. The molecule has 0 radical (unpaired) electrons. The van der Waals surface area contributed by atoms with Crippen molar-refractivity contribution in [1.82, 2.24) is 5.32 Å². The molecule has 11 nitrogen and oxygen atoms in total. The topological polar surface area (TPSA) is 160 Å². The van der Waals surface area contributed by atoms with Crippen molar-refractivity contribution < 1.29 is 33.1 Å². The van der Waals surface area contributed by atoms with Gasteiger partial charge in [-0.1, -0.05) is 11.8 Å². The summed E-state index contributed by atoms with van der Waals surface area (Å²) in [5, 5.41) is 20.1. The number of anilines is 2. The fourth-order valence-corrected chi connectivity index (χ4v) is 7.73. The number of hydrogen-bond acceptors (Lipinski definition) is 11. The first kappa shape index (κ1) is 33.6. The molecule has 3 heterocycles. The quantitative estimate of drug-likeness (QED) is 0.198. The molecule has 3 aromatic rings. The summed E-state index contributed by atoms with van der Waals surface area (Å²) in [6.45, 7) is 5.66. The number of thiophene rings is 1. The number of amides is 2. The molecule has 3 N–H and O–H groups in total.